The van der Waals surface area contributed by atoms with Crippen molar-refractivity contribution in [1.82, 2.24) is 4.57 Å². The molecule has 1 heterocycles. The Labute approximate surface area is 192 Å². The molecule has 0 unspecified atom stereocenters. The zero-order valence-electron chi connectivity index (χ0n) is 18.8. The highest BCUT2D eigenvalue weighted by molar-refractivity contribution is 6.29. The summed E-state index contributed by atoms with van der Waals surface area (Å²) in [6, 6.07) is 37.7. The first kappa shape index (κ1) is 18.5. The van der Waals surface area contributed by atoms with Crippen LogP contribution in [0.25, 0.3) is 60.0 Å². The summed E-state index contributed by atoms with van der Waals surface area (Å²) in [6.07, 6.45) is 0. The van der Waals surface area contributed by atoms with Crippen molar-refractivity contribution in [1.29, 1.82) is 0 Å². The number of nitrogens with zero attached hydrogens (tertiary/aromatic N) is 1. The van der Waals surface area contributed by atoms with Crippen molar-refractivity contribution in [2.45, 2.75) is 13.8 Å². The first-order chi connectivity index (χ1) is 16.2. The van der Waals surface area contributed by atoms with Gasteiger partial charge in [-0.3, -0.25) is 0 Å². The topological polar surface area (TPSA) is 4.93 Å². The Balaban J connectivity index is 1.56. The van der Waals surface area contributed by atoms with E-state index in [-0.39, 0.29) is 0 Å². The molecule has 1 aromatic heterocycles. The van der Waals surface area contributed by atoms with Crippen molar-refractivity contribution in [3.05, 3.63) is 114 Å². The molecule has 7 rings (SSSR count). The standard InChI is InChI=1S/C32H23N/c1-20-21(2)33(27-16-13-23(14-17-27)22-7-4-3-5-8-22)32-28-18-15-25-10-6-9-24-11-12-26(19-29(20)32)31(28)30(24)25/h3-19H,1-2H3. The fourth-order valence-electron chi connectivity index (χ4n) is 5.61. The summed E-state index contributed by atoms with van der Waals surface area (Å²) < 4.78 is 2.45. The van der Waals surface area contributed by atoms with Crippen LogP contribution in [0.5, 0.6) is 0 Å². The molecule has 1 heteroatoms. The molecule has 0 spiro atoms. The van der Waals surface area contributed by atoms with Crippen LogP contribution in [0, 0.1) is 13.8 Å². The summed E-state index contributed by atoms with van der Waals surface area (Å²) in [5, 5.41) is 9.35. The number of benzene rings is 6. The molecule has 0 bridgehead atoms. The minimum absolute atomic E-state index is 1.21. The van der Waals surface area contributed by atoms with Crippen LogP contribution in [0.3, 0.4) is 0 Å². The van der Waals surface area contributed by atoms with E-state index in [0.717, 1.165) is 0 Å². The third-order valence-electron chi connectivity index (χ3n) is 7.36. The maximum atomic E-state index is 2.45. The van der Waals surface area contributed by atoms with Crippen LogP contribution >= 0.6 is 0 Å². The molecule has 0 aliphatic heterocycles. The number of fused-ring (bicyclic) bond motifs is 2. The van der Waals surface area contributed by atoms with Gasteiger partial charge in [-0.15, -0.1) is 0 Å². The van der Waals surface area contributed by atoms with Crippen LogP contribution in [-0.2, 0) is 0 Å². The first-order valence-corrected chi connectivity index (χ1v) is 11.5. The van der Waals surface area contributed by atoms with Gasteiger partial charge in [-0.2, -0.15) is 0 Å². The van der Waals surface area contributed by atoms with Gasteiger partial charge in [0.1, 0.15) is 0 Å². The lowest BCUT2D eigenvalue weighted by Crippen LogP contribution is -1.97. The van der Waals surface area contributed by atoms with Gasteiger partial charge in [0.2, 0.25) is 0 Å². The van der Waals surface area contributed by atoms with Crippen molar-refractivity contribution < 1.29 is 0 Å². The maximum absolute atomic E-state index is 2.45. The van der Waals surface area contributed by atoms with E-state index >= 15 is 0 Å². The third-order valence-corrected chi connectivity index (χ3v) is 7.36. The minimum atomic E-state index is 1.21. The smallest absolute Gasteiger partial charge is 0.0613 e. The Bertz CT molecular complexity index is 1790. The van der Waals surface area contributed by atoms with Crippen molar-refractivity contribution >= 4 is 43.2 Å². The van der Waals surface area contributed by atoms with Crippen LogP contribution in [0.1, 0.15) is 11.3 Å². The molecule has 1 nitrogen and oxygen atoms in total. The second-order valence-electron chi connectivity index (χ2n) is 9.09. The fraction of sp³-hybridized carbons (Fsp3) is 0.0625. The van der Waals surface area contributed by atoms with E-state index in [1.807, 2.05) is 0 Å². The normalized spacial score (nSPS) is 11.9. The number of rotatable bonds is 2. The van der Waals surface area contributed by atoms with Crippen molar-refractivity contribution in [2.24, 2.45) is 0 Å². The monoisotopic (exact) mass is 421 g/mol. The average molecular weight is 422 g/mol. The summed E-state index contributed by atoms with van der Waals surface area (Å²) in [5.74, 6) is 0. The van der Waals surface area contributed by atoms with Gasteiger partial charge < -0.3 is 4.57 Å². The molecule has 33 heavy (non-hydrogen) atoms. The first-order valence-electron chi connectivity index (χ1n) is 11.5. The van der Waals surface area contributed by atoms with Crippen LogP contribution in [-0.4, -0.2) is 4.57 Å². The second kappa shape index (κ2) is 6.70. The summed E-state index contributed by atoms with van der Waals surface area (Å²) in [7, 11) is 0. The van der Waals surface area contributed by atoms with Crippen molar-refractivity contribution in [3.8, 4) is 16.8 Å². The van der Waals surface area contributed by atoms with E-state index in [9.17, 15) is 0 Å². The van der Waals surface area contributed by atoms with E-state index in [0.29, 0.717) is 0 Å². The van der Waals surface area contributed by atoms with Crippen LogP contribution in [0.15, 0.2) is 103 Å². The molecule has 0 radical (unpaired) electrons. The highest BCUT2D eigenvalue weighted by Crippen LogP contribution is 2.41. The van der Waals surface area contributed by atoms with E-state index in [4.69, 9.17) is 0 Å². The summed E-state index contributed by atoms with van der Waals surface area (Å²) >= 11 is 0. The molecular formula is C32H23N. The predicted molar refractivity (Wildman–Crippen MR) is 142 cm³/mol. The fourth-order valence-corrected chi connectivity index (χ4v) is 5.61. The molecule has 0 N–H and O–H groups in total. The SMILES string of the molecule is Cc1c(C)n(-c2ccc(-c3ccccc3)cc2)c2c1cc1ccc3cccc4ccc2c1c34. The number of aryl methyl sites for hydroxylation is 1. The lowest BCUT2D eigenvalue weighted by atomic mass is 9.92. The number of aromatic nitrogens is 1. The molecule has 0 atom stereocenters. The summed E-state index contributed by atoms with van der Waals surface area (Å²) in [4.78, 5) is 0. The zero-order chi connectivity index (χ0) is 22.1. The second-order valence-corrected chi connectivity index (χ2v) is 9.09. The Morgan fingerprint density at radius 1 is 0.515 bits per heavy atom. The van der Waals surface area contributed by atoms with Crippen LogP contribution in [0.4, 0.5) is 0 Å². The Hall–Kier alpha value is -4.10. The minimum Gasteiger partial charge on any atom is -0.313 e. The van der Waals surface area contributed by atoms with Crippen molar-refractivity contribution in [3.63, 3.8) is 0 Å². The molecule has 156 valence electrons. The Morgan fingerprint density at radius 3 is 1.94 bits per heavy atom. The molecule has 0 saturated heterocycles. The number of hydrogen-bond acceptors (Lipinski definition) is 0. The van der Waals surface area contributed by atoms with Gasteiger partial charge in [-0.25, -0.2) is 0 Å². The highest BCUT2D eigenvalue weighted by atomic mass is 15.0. The molecule has 0 fully saturated rings. The van der Waals surface area contributed by atoms with Crippen molar-refractivity contribution in [2.75, 3.05) is 0 Å². The number of hydrogen-bond donors (Lipinski definition) is 0. The maximum Gasteiger partial charge on any atom is 0.0613 e. The van der Waals surface area contributed by atoms with Gasteiger partial charge in [0.15, 0.2) is 0 Å². The largest absolute Gasteiger partial charge is 0.313 e. The van der Waals surface area contributed by atoms with E-state index in [1.54, 1.807) is 0 Å². The molecule has 0 amide bonds. The van der Waals surface area contributed by atoms with E-state index < -0.39 is 0 Å². The molecule has 0 aliphatic carbocycles. The predicted octanol–water partition coefficient (Wildman–Crippen LogP) is 8.81. The molecule has 6 aromatic carbocycles. The zero-order valence-corrected chi connectivity index (χ0v) is 18.8. The van der Waals surface area contributed by atoms with Gasteiger partial charge in [0.25, 0.3) is 0 Å². The molecule has 7 aromatic rings. The third kappa shape index (κ3) is 2.54. The molecule has 0 aliphatic rings. The van der Waals surface area contributed by atoms with Crippen LogP contribution < -0.4 is 0 Å². The van der Waals surface area contributed by atoms with E-state index in [1.165, 1.54) is 71.3 Å². The van der Waals surface area contributed by atoms with Gasteiger partial charge in [0, 0.05) is 22.2 Å². The molecule has 0 saturated carbocycles. The van der Waals surface area contributed by atoms with Gasteiger partial charge in [-0.05, 0) is 75.7 Å². The molecular weight excluding hydrogens is 398 g/mol. The van der Waals surface area contributed by atoms with Crippen LogP contribution in [0.2, 0.25) is 0 Å². The Morgan fingerprint density at radius 2 is 1.18 bits per heavy atom. The van der Waals surface area contributed by atoms with Gasteiger partial charge in [0.05, 0.1) is 5.52 Å². The quantitative estimate of drug-likeness (QED) is 0.246. The summed E-state index contributed by atoms with van der Waals surface area (Å²) in [5.41, 5.74) is 7.66. The van der Waals surface area contributed by atoms with Gasteiger partial charge in [-0.1, -0.05) is 84.9 Å². The van der Waals surface area contributed by atoms with E-state index in [2.05, 4.69) is 122 Å². The highest BCUT2D eigenvalue weighted by Gasteiger charge is 2.18. The average Bonchev–Trinajstić information content (AvgIpc) is 3.13. The Kier molecular flexibility index (Phi) is 3.75. The lowest BCUT2D eigenvalue weighted by Gasteiger charge is -2.15. The lowest BCUT2D eigenvalue weighted by molar-refractivity contribution is 1.04. The van der Waals surface area contributed by atoms with Gasteiger partial charge >= 0.3 is 0 Å². The summed E-state index contributed by atoms with van der Waals surface area (Å²) in [6.45, 7) is 4.50.